The highest BCUT2D eigenvalue weighted by atomic mass is 19.4. The lowest BCUT2D eigenvalue weighted by atomic mass is 10.1. The molecule has 0 aliphatic heterocycles. The van der Waals surface area contributed by atoms with E-state index in [1.54, 1.807) is 19.1 Å². The second-order valence-corrected chi connectivity index (χ2v) is 4.50. The van der Waals surface area contributed by atoms with E-state index in [4.69, 9.17) is 5.26 Å². The number of halogens is 3. The molecule has 112 valence electrons. The Hall–Kier alpha value is -2.88. The zero-order valence-electron chi connectivity index (χ0n) is 11.4. The Bertz CT molecular complexity index is 812. The molecule has 0 aliphatic carbocycles. The maximum Gasteiger partial charge on any atom is 0.416 e. The summed E-state index contributed by atoms with van der Waals surface area (Å²) in [6.45, 7) is 1.58. The number of nitrogens with zero attached hydrogens (tertiary/aromatic N) is 2. The molecule has 7 heteroatoms. The van der Waals surface area contributed by atoms with Crippen molar-refractivity contribution >= 4 is 12.2 Å². The summed E-state index contributed by atoms with van der Waals surface area (Å²) in [5, 5.41) is 14.9. The van der Waals surface area contributed by atoms with Gasteiger partial charge in [-0.25, -0.2) is 5.10 Å². The minimum Gasteiger partial charge on any atom is -0.267 e. The van der Waals surface area contributed by atoms with E-state index in [0.29, 0.717) is 16.8 Å². The van der Waals surface area contributed by atoms with Crippen molar-refractivity contribution in [1.29, 1.82) is 5.26 Å². The number of benzene rings is 1. The number of hydrogen-bond acceptors (Lipinski definition) is 3. The minimum absolute atomic E-state index is 0.0398. The van der Waals surface area contributed by atoms with Gasteiger partial charge in [-0.3, -0.25) is 4.79 Å². The summed E-state index contributed by atoms with van der Waals surface area (Å²) < 4.78 is 37.4. The summed E-state index contributed by atoms with van der Waals surface area (Å²) in [6.07, 6.45) is -1.30. The zero-order chi connectivity index (χ0) is 16.3. The van der Waals surface area contributed by atoms with Gasteiger partial charge in [-0.05, 0) is 36.3 Å². The number of nitrogens with one attached hydrogen (secondary N) is 1. The highest BCUT2D eigenvalue weighted by Gasteiger charge is 2.29. The van der Waals surface area contributed by atoms with Crippen LogP contribution in [0.2, 0.25) is 0 Å². The zero-order valence-corrected chi connectivity index (χ0v) is 11.4. The molecule has 2 aromatic rings. The van der Waals surface area contributed by atoms with E-state index in [2.05, 4.69) is 10.2 Å². The second-order valence-electron chi connectivity index (χ2n) is 4.50. The molecule has 1 heterocycles. The van der Waals surface area contributed by atoms with E-state index in [1.165, 1.54) is 18.2 Å². The van der Waals surface area contributed by atoms with Crippen molar-refractivity contribution in [2.24, 2.45) is 0 Å². The number of rotatable bonds is 2. The number of hydrogen-bond donors (Lipinski definition) is 1. The van der Waals surface area contributed by atoms with E-state index in [0.717, 1.165) is 12.1 Å². The molecule has 0 spiro atoms. The lowest BCUT2D eigenvalue weighted by Crippen LogP contribution is -2.15. The van der Waals surface area contributed by atoms with Gasteiger partial charge in [-0.15, -0.1) is 0 Å². The highest BCUT2D eigenvalue weighted by Crippen LogP contribution is 2.29. The van der Waals surface area contributed by atoms with Crippen molar-refractivity contribution in [3.05, 3.63) is 62.6 Å². The third kappa shape index (κ3) is 3.23. The lowest BCUT2D eigenvalue weighted by molar-refractivity contribution is -0.137. The SMILES string of the molecule is Cc1c(/C=C\c2ccc(C(F)(F)F)cc2)n[nH]c(=O)c1C#N. The van der Waals surface area contributed by atoms with Crippen LogP contribution in [0.3, 0.4) is 0 Å². The van der Waals surface area contributed by atoms with Crippen LogP contribution in [0, 0.1) is 18.3 Å². The Morgan fingerprint density at radius 1 is 1.23 bits per heavy atom. The van der Waals surface area contributed by atoms with E-state index in [9.17, 15) is 18.0 Å². The molecule has 0 atom stereocenters. The first-order valence-electron chi connectivity index (χ1n) is 6.17. The quantitative estimate of drug-likeness (QED) is 0.926. The summed E-state index contributed by atoms with van der Waals surface area (Å²) >= 11 is 0. The monoisotopic (exact) mass is 305 g/mol. The van der Waals surface area contributed by atoms with Gasteiger partial charge in [0.1, 0.15) is 11.6 Å². The van der Waals surface area contributed by atoms with Gasteiger partial charge in [-0.2, -0.15) is 23.5 Å². The smallest absolute Gasteiger partial charge is 0.267 e. The number of aromatic amines is 1. The predicted octanol–water partition coefficient (Wildman–Crippen LogP) is 3.14. The van der Waals surface area contributed by atoms with Crippen LogP contribution >= 0.6 is 0 Å². The average Bonchev–Trinajstić information content (AvgIpc) is 2.46. The van der Waals surface area contributed by atoms with Crippen molar-refractivity contribution in [2.45, 2.75) is 13.1 Å². The summed E-state index contributed by atoms with van der Waals surface area (Å²) in [5.41, 5.74) is -0.0205. The van der Waals surface area contributed by atoms with Crippen LogP contribution in [0.1, 0.15) is 27.9 Å². The standard InChI is InChI=1S/C15H10F3N3O/c1-9-12(8-19)14(22)21-20-13(9)7-4-10-2-5-11(6-3-10)15(16,17)18/h2-7H,1H3,(H,21,22)/b7-4-. The van der Waals surface area contributed by atoms with Crippen LogP contribution in [-0.2, 0) is 6.18 Å². The molecule has 0 fully saturated rings. The van der Waals surface area contributed by atoms with Gasteiger partial charge in [0.05, 0.1) is 11.3 Å². The summed E-state index contributed by atoms with van der Waals surface area (Å²) in [7, 11) is 0. The highest BCUT2D eigenvalue weighted by molar-refractivity contribution is 5.70. The number of alkyl halides is 3. The Balaban J connectivity index is 2.30. The van der Waals surface area contributed by atoms with Gasteiger partial charge in [0.15, 0.2) is 0 Å². The molecule has 2 rings (SSSR count). The van der Waals surface area contributed by atoms with Crippen molar-refractivity contribution in [3.63, 3.8) is 0 Å². The van der Waals surface area contributed by atoms with Gasteiger partial charge in [0.2, 0.25) is 0 Å². The molecule has 1 aromatic heterocycles. The second kappa shape index (κ2) is 5.85. The Labute approximate surface area is 123 Å². The summed E-state index contributed by atoms with van der Waals surface area (Å²) in [5.74, 6) is 0. The molecule has 22 heavy (non-hydrogen) atoms. The maximum atomic E-state index is 12.5. The fraction of sp³-hybridized carbons (Fsp3) is 0.133. The lowest BCUT2D eigenvalue weighted by Gasteiger charge is -2.06. The van der Waals surface area contributed by atoms with E-state index < -0.39 is 17.3 Å². The normalized spacial score (nSPS) is 11.6. The van der Waals surface area contributed by atoms with Gasteiger partial charge in [0, 0.05) is 0 Å². The first kappa shape index (κ1) is 15.5. The largest absolute Gasteiger partial charge is 0.416 e. The van der Waals surface area contributed by atoms with Crippen LogP contribution < -0.4 is 5.56 Å². The molecule has 0 unspecified atom stereocenters. The van der Waals surface area contributed by atoms with E-state index in [1.807, 2.05) is 0 Å². The average molecular weight is 305 g/mol. The topological polar surface area (TPSA) is 69.5 Å². The number of aromatic nitrogens is 2. The van der Waals surface area contributed by atoms with Crippen LogP contribution in [0.4, 0.5) is 13.2 Å². The molecule has 0 radical (unpaired) electrons. The fourth-order valence-corrected chi connectivity index (χ4v) is 1.80. The van der Waals surface area contributed by atoms with Crippen molar-refractivity contribution in [1.82, 2.24) is 10.2 Å². The first-order chi connectivity index (χ1) is 10.3. The molecule has 0 aliphatic rings. The molecule has 4 nitrogen and oxygen atoms in total. The molecular weight excluding hydrogens is 295 g/mol. The van der Waals surface area contributed by atoms with Gasteiger partial charge >= 0.3 is 6.18 Å². The fourth-order valence-electron chi connectivity index (χ4n) is 1.80. The van der Waals surface area contributed by atoms with E-state index >= 15 is 0 Å². The van der Waals surface area contributed by atoms with Gasteiger partial charge < -0.3 is 0 Å². The molecular formula is C15H10F3N3O. The minimum atomic E-state index is -4.37. The van der Waals surface area contributed by atoms with Crippen LogP contribution in [0.25, 0.3) is 12.2 Å². The van der Waals surface area contributed by atoms with E-state index in [-0.39, 0.29) is 5.56 Å². The molecule has 0 amide bonds. The number of nitriles is 1. The Morgan fingerprint density at radius 3 is 2.41 bits per heavy atom. The molecule has 1 N–H and O–H groups in total. The molecule has 0 bridgehead atoms. The molecule has 1 aromatic carbocycles. The van der Waals surface area contributed by atoms with Crippen LogP contribution in [0.15, 0.2) is 29.1 Å². The van der Waals surface area contributed by atoms with Crippen molar-refractivity contribution in [3.8, 4) is 6.07 Å². The summed E-state index contributed by atoms with van der Waals surface area (Å²) in [6, 6.07) is 6.39. The maximum absolute atomic E-state index is 12.5. The first-order valence-corrected chi connectivity index (χ1v) is 6.17. The van der Waals surface area contributed by atoms with Crippen molar-refractivity contribution in [2.75, 3.05) is 0 Å². The Morgan fingerprint density at radius 2 is 1.86 bits per heavy atom. The van der Waals surface area contributed by atoms with Crippen LogP contribution in [0.5, 0.6) is 0 Å². The summed E-state index contributed by atoms with van der Waals surface area (Å²) in [4.78, 5) is 11.4. The molecule has 0 saturated heterocycles. The van der Waals surface area contributed by atoms with Crippen molar-refractivity contribution < 1.29 is 13.2 Å². The van der Waals surface area contributed by atoms with Gasteiger partial charge in [0.25, 0.3) is 5.56 Å². The third-order valence-electron chi connectivity index (χ3n) is 3.05. The Kier molecular flexibility index (Phi) is 4.13. The molecule has 0 saturated carbocycles. The predicted molar refractivity (Wildman–Crippen MR) is 74.7 cm³/mol. The van der Waals surface area contributed by atoms with Gasteiger partial charge in [-0.1, -0.05) is 18.2 Å². The van der Waals surface area contributed by atoms with Crippen LogP contribution in [-0.4, -0.2) is 10.2 Å². The third-order valence-corrected chi connectivity index (χ3v) is 3.05. The number of H-pyrrole nitrogens is 1.